The Morgan fingerprint density at radius 1 is 1.47 bits per heavy atom. The van der Waals surface area contributed by atoms with E-state index < -0.39 is 0 Å². The van der Waals surface area contributed by atoms with Crippen molar-refractivity contribution < 1.29 is 14.3 Å². The van der Waals surface area contributed by atoms with Gasteiger partial charge in [-0.1, -0.05) is 13.8 Å². The molecule has 0 aliphatic rings. The van der Waals surface area contributed by atoms with Crippen molar-refractivity contribution in [3.05, 3.63) is 34.1 Å². The molecule has 0 unspecified atom stereocenters. The van der Waals surface area contributed by atoms with Crippen LogP contribution in [0.3, 0.4) is 0 Å². The molecule has 3 nitrogen and oxygen atoms in total. The SMILES string of the molecule is CC(C)(CO)CCCNC(=O)c1ccc(F)cc1Br. The third-order valence-corrected chi connectivity index (χ3v) is 3.58. The minimum atomic E-state index is -0.381. The van der Waals surface area contributed by atoms with Gasteiger partial charge >= 0.3 is 0 Å². The summed E-state index contributed by atoms with van der Waals surface area (Å²) in [6.07, 6.45) is 1.62. The molecule has 0 spiro atoms. The summed E-state index contributed by atoms with van der Waals surface area (Å²) in [7, 11) is 0. The summed E-state index contributed by atoms with van der Waals surface area (Å²) in [6, 6.07) is 3.98. The number of halogens is 2. The predicted molar refractivity (Wildman–Crippen MR) is 76.5 cm³/mol. The Kier molecular flexibility index (Phi) is 5.94. The first-order chi connectivity index (χ1) is 8.85. The average molecular weight is 332 g/mol. The van der Waals surface area contributed by atoms with Gasteiger partial charge in [0.25, 0.3) is 5.91 Å². The maximum Gasteiger partial charge on any atom is 0.252 e. The largest absolute Gasteiger partial charge is 0.396 e. The summed E-state index contributed by atoms with van der Waals surface area (Å²) < 4.78 is 13.3. The first-order valence-electron chi connectivity index (χ1n) is 6.20. The lowest BCUT2D eigenvalue weighted by Crippen LogP contribution is -2.26. The Morgan fingerprint density at radius 3 is 2.74 bits per heavy atom. The fourth-order valence-electron chi connectivity index (χ4n) is 1.62. The van der Waals surface area contributed by atoms with Crippen LogP contribution in [0.25, 0.3) is 0 Å². The Balaban J connectivity index is 2.44. The van der Waals surface area contributed by atoms with Crippen molar-refractivity contribution >= 4 is 21.8 Å². The van der Waals surface area contributed by atoms with Gasteiger partial charge in [0, 0.05) is 17.6 Å². The fourth-order valence-corrected chi connectivity index (χ4v) is 2.15. The van der Waals surface area contributed by atoms with E-state index >= 15 is 0 Å². The molecular formula is C14H19BrFNO2. The van der Waals surface area contributed by atoms with Crippen molar-refractivity contribution in [3.63, 3.8) is 0 Å². The first kappa shape index (κ1) is 16.1. The average Bonchev–Trinajstić information content (AvgIpc) is 2.34. The molecule has 0 aliphatic heterocycles. The van der Waals surface area contributed by atoms with Gasteiger partial charge in [-0.3, -0.25) is 4.79 Å². The van der Waals surface area contributed by atoms with Gasteiger partial charge in [-0.25, -0.2) is 4.39 Å². The second-order valence-corrected chi connectivity index (χ2v) is 6.16. The lowest BCUT2D eigenvalue weighted by Gasteiger charge is -2.21. The summed E-state index contributed by atoms with van der Waals surface area (Å²) >= 11 is 3.17. The van der Waals surface area contributed by atoms with Crippen LogP contribution >= 0.6 is 15.9 Å². The zero-order chi connectivity index (χ0) is 14.5. The molecule has 19 heavy (non-hydrogen) atoms. The maximum absolute atomic E-state index is 12.9. The number of amides is 1. The standard InChI is InChI=1S/C14H19BrFNO2/c1-14(2,9-18)6-3-7-17-13(19)11-5-4-10(16)8-12(11)15/h4-5,8,18H,3,6-7,9H2,1-2H3,(H,17,19). The number of hydrogen-bond donors (Lipinski definition) is 2. The van der Waals surface area contributed by atoms with Crippen LogP contribution < -0.4 is 5.32 Å². The van der Waals surface area contributed by atoms with Crippen LogP contribution in [0.2, 0.25) is 0 Å². The van der Waals surface area contributed by atoms with E-state index in [1.54, 1.807) is 0 Å². The monoisotopic (exact) mass is 331 g/mol. The highest BCUT2D eigenvalue weighted by Crippen LogP contribution is 2.21. The van der Waals surface area contributed by atoms with E-state index in [9.17, 15) is 9.18 Å². The highest BCUT2D eigenvalue weighted by atomic mass is 79.9. The van der Waals surface area contributed by atoms with Crippen LogP contribution in [0.1, 0.15) is 37.0 Å². The summed E-state index contributed by atoms with van der Waals surface area (Å²) in [6.45, 7) is 4.62. The predicted octanol–water partition coefficient (Wildman–Crippen LogP) is 3.12. The molecule has 0 fully saturated rings. The third kappa shape index (κ3) is 5.28. The van der Waals surface area contributed by atoms with Gasteiger partial charge in [-0.2, -0.15) is 0 Å². The number of rotatable bonds is 6. The number of aliphatic hydroxyl groups excluding tert-OH is 1. The minimum Gasteiger partial charge on any atom is -0.396 e. The zero-order valence-corrected chi connectivity index (χ0v) is 12.8. The van der Waals surface area contributed by atoms with Crippen LogP contribution in [-0.4, -0.2) is 24.2 Å². The molecule has 0 heterocycles. The van der Waals surface area contributed by atoms with Crippen molar-refractivity contribution in [2.75, 3.05) is 13.2 Å². The Hall–Kier alpha value is -0.940. The molecule has 0 bridgehead atoms. The smallest absolute Gasteiger partial charge is 0.252 e. The second-order valence-electron chi connectivity index (χ2n) is 5.31. The van der Waals surface area contributed by atoms with E-state index in [0.717, 1.165) is 12.8 Å². The van der Waals surface area contributed by atoms with Gasteiger partial charge in [0.05, 0.1) is 5.56 Å². The van der Waals surface area contributed by atoms with Gasteiger partial charge in [0.2, 0.25) is 0 Å². The van der Waals surface area contributed by atoms with E-state index in [2.05, 4.69) is 21.2 Å². The maximum atomic E-state index is 12.9. The molecule has 1 aromatic rings. The molecule has 2 N–H and O–H groups in total. The molecule has 0 aromatic heterocycles. The molecule has 0 radical (unpaired) electrons. The third-order valence-electron chi connectivity index (χ3n) is 2.92. The number of carbonyl (C=O) groups excluding carboxylic acids is 1. The molecule has 5 heteroatoms. The molecule has 1 amide bonds. The van der Waals surface area contributed by atoms with Gasteiger partial charge < -0.3 is 10.4 Å². The fraction of sp³-hybridized carbons (Fsp3) is 0.500. The normalized spacial score (nSPS) is 11.4. The van der Waals surface area contributed by atoms with Crippen LogP contribution in [0.5, 0.6) is 0 Å². The summed E-state index contributed by atoms with van der Waals surface area (Å²) in [5.74, 6) is -0.609. The zero-order valence-electron chi connectivity index (χ0n) is 11.2. The van der Waals surface area contributed by atoms with Crippen molar-refractivity contribution in [3.8, 4) is 0 Å². The van der Waals surface area contributed by atoms with Gasteiger partial charge in [-0.05, 0) is 52.4 Å². The molecular weight excluding hydrogens is 313 g/mol. The number of aliphatic hydroxyl groups is 1. The van der Waals surface area contributed by atoms with Crippen LogP contribution in [0.15, 0.2) is 22.7 Å². The number of benzene rings is 1. The van der Waals surface area contributed by atoms with E-state index in [-0.39, 0.29) is 23.7 Å². The van der Waals surface area contributed by atoms with E-state index in [1.165, 1.54) is 18.2 Å². The number of hydrogen-bond acceptors (Lipinski definition) is 2. The van der Waals surface area contributed by atoms with Gasteiger partial charge in [-0.15, -0.1) is 0 Å². The number of carbonyl (C=O) groups is 1. The van der Waals surface area contributed by atoms with E-state index in [1.807, 2.05) is 13.8 Å². The van der Waals surface area contributed by atoms with Crippen molar-refractivity contribution in [1.82, 2.24) is 5.32 Å². The van der Waals surface area contributed by atoms with Gasteiger partial charge in [0.1, 0.15) is 5.82 Å². The number of nitrogens with one attached hydrogen (secondary N) is 1. The van der Waals surface area contributed by atoms with Crippen LogP contribution in [0, 0.1) is 11.2 Å². The highest BCUT2D eigenvalue weighted by Gasteiger charge is 2.16. The van der Waals surface area contributed by atoms with E-state index in [4.69, 9.17) is 5.11 Å². The van der Waals surface area contributed by atoms with Gasteiger partial charge in [0.15, 0.2) is 0 Å². The van der Waals surface area contributed by atoms with Crippen LogP contribution in [0.4, 0.5) is 4.39 Å². The molecule has 1 aromatic carbocycles. The first-order valence-corrected chi connectivity index (χ1v) is 6.99. The summed E-state index contributed by atoms with van der Waals surface area (Å²) in [5, 5.41) is 11.9. The minimum absolute atomic E-state index is 0.124. The van der Waals surface area contributed by atoms with Crippen molar-refractivity contribution in [2.45, 2.75) is 26.7 Å². The molecule has 0 atom stereocenters. The molecule has 0 saturated heterocycles. The Morgan fingerprint density at radius 2 is 2.16 bits per heavy atom. The summed E-state index contributed by atoms with van der Waals surface area (Å²) in [5.41, 5.74) is 0.295. The second kappa shape index (κ2) is 7.01. The van der Waals surface area contributed by atoms with Crippen LogP contribution in [-0.2, 0) is 0 Å². The lowest BCUT2D eigenvalue weighted by molar-refractivity contribution is 0.0947. The molecule has 1 rings (SSSR count). The summed E-state index contributed by atoms with van der Waals surface area (Å²) in [4.78, 5) is 11.9. The molecule has 106 valence electrons. The Labute approximate surface area is 121 Å². The highest BCUT2D eigenvalue weighted by molar-refractivity contribution is 9.10. The van der Waals surface area contributed by atoms with Crippen molar-refractivity contribution in [2.24, 2.45) is 5.41 Å². The quantitative estimate of drug-likeness (QED) is 0.787. The van der Waals surface area contributed by atoms with E-state index in [0.29, 0.717) is 16.6 Å². The lowest BCUT2D eigenvalue weighted by atomic mass is 9.89. The Bertz CT molecular complexity index is 449. The molecule has 0 saturated carbocycles. The molecule has 0 aliphatic carbocycles. The topological polar surface area (TPSA) is 49.3 Å². The van der Waals surface area contributed by atoms with Crippen molar-refractivity contribution in [1.29, 1.82) is 0 Å².